The molecule has 32 heavy (non-hydrogen) atoms. The highest BCUT2D eigenvalue weighted by atomic mass is 16.5. The van der Waals surface area contributed by atoms with Crippen LogP contribution in [0.25, 0.3) is 0 Å². The smallest absolute Gasteiger partial charge is 0.302 e. The maximum atomic E-state index is 11.5. The molecule has 0 spiro atoms. The average Bonchev–Trinajstić information content (AvgIpc) is 3.08. The fourth-order valence-corrected chi connectivity index (χ4v) is 7.76. The van der Waals surface area contributed by atoms with Gasteiger partial charge >= 0.3 is 5.97 Å². The normalized spacial score (nSPS) is 40.8. The molecule has 0 aromatic heterocycles. The van der Waals surface area contributed by atoms with Crippen LogP contribution in [0.3, 0.4) is 0 Å². The third-order valence-electron chi connectivity index (χ3n) is 10.3. The molecule has 0 radical (unpaired) electrons. The van der Waals surface area contributed by atoms with Gasteiger partial charge in [-0.05, 0) is 102 Å². The maximum absolute atomic E-state index is 11.5. The molecule has 0 bridgehead atoms. The van der Waals surface area contributed by atoms with Gasteiger partial charge in [0, 0.05) is 6.92 Å². The molecule has 0 aromatic rings. The predicted molar refractivity (Wildman–Crippen MR) is 133 cm³/mol. The van der Waals surface area contributed by atoms with Gasteiger partial charge in [0.1, 0.15) is 6.10 Å². The summed E-state index contributed by atoms with van der Waals surface area (Å²) in [4.78, 5) is 11.5. The SMILES string of the molecule is CC(=O)O[C@@H]1CC[C@]2(C)C3=CC[C@]4(C)[C@H](CC[C@H]4[C@H](C)/C=C/[C@H](C)C(C)C)C3=CC[C@H]2C1. The molecule has 0 unspecified atom stereocenters. The fraction of sp³-hybridized carbons (Fsp3) is 0.767. The second-order valence-electron chi connectivity index (χ2n) is 12.4. The van der Waals surface area contributed by atoms with Crippen LogP contribution >= 0.6 is 0 Å². The molecule has 4 aliphatic rings. The average molecular weight is 439 g/mol. The molecular formula is C30H46O2. The van der Waals surface area contributed by atoms with E-state index in [0.717, 1.165) is 37.5 Å². The van der Waals surface area contributed by atoms with E-state index in [1.54, 1.807) is 18.1 Å². The Bertz CT molecular complexity index is 817. The standard InChI is InChI=1S/C30H46O2/c1-19(2)20(3)8-9-21(4)26-12-13-27-25-11-10-23-18-24(32-22(5)31)14-16-29(23,6)28(25)15-17-30(26,27)7/h8-9,11,15,19-21,23-24,26-27H,10,12-14,16-18H2,1-7H3/b9-8+/t20-,21+,23-,24+,26-,27+,29-,30-/m0/s1. The second kappa shape index (κ2) is 8.80. The van der Waals surface area contributed by atoms with Gasteiger partial charge in [-0.1, -0.05) is 65.8 Å². The first-order valence-electron chi connectivity index (χ1n) is 13.3. The number of rotatable bonds is 5. The Kier molecular flexibility index (Phi) is 6.56. The summed E-state index contributed by atoms with van der Waals surface area (Å²) in [5.74, 6) is 3.98. The van der Waals surface area contributed by atoms with Crippen LogP contribution in [0.15, 0.2) is 35.5 Å². The van der Waals surface area contributed by atoms with E-state index in [9.17, 15) is 4.79 Å². The van der Waals surface area contributed by atoms with E-state index in [-0.39, 0.29) is 17.5 Å². The lowest BCUT2D eigenvalue weighted by atomic mass is 9.51. The summed E-state index contributed by atoms with van der Waals surface area (Å²) in [5, 5.41) is 0. The molecule has 2 fully saturated rings. The molecule has 2 nitrogen and oxygen atoms in total. The number of hydrogen-bond acceptors (Lipinski definition) is 2. The fourth-order valence-electron chi connectivity index (χ4n) is 7.76. The Balaban J connectivity index is 1.54. The van der Waals surface area contributed by atoms with E-state index < -0.39 is 0 Å². The molecule has 4 rings (SSSR count). The van der Waals surface area contributed by atoms with Gasteiger partial charge in [0.15, 0.2) is 0 Å². The van der Waals surface area contributed by atoms with Crippen LogP contribution in [0.5, 0.6) is 0 Å². The molecule has 0 aromatic carbocycles. The zero-order valence-electron chi connectivity index (χ0n) is 21.6. The highest BCUT2D eigenvalue weighted by Crippen LogP contribution is 2.64. The van der Waals surface area contributed by atoms with Gasteiger partial charge in [-0.15, -0.1) is 0 Å². The Morgan fingerprint density at radius 3 is 2.53 bits per heavy atom. The largest absolute Gasteiger partial charge is 0.463 e. The second-order valence-corrected chi connectivity index (χ2v) is 12.4. The first-order valence-corrected chi connectivity index (χ1v) is 13.3. The number of ether oxygens (including phenoxy) is 1. The summed E-state index contributed by atoms with van der Waals surface area (Å²) < 4.78 is 5.62. The lowest BCUT2D eigenvalue weighted by Gasteiger charge is -2.53. The Morgan fingerprint density at radius 1 is 1.09 bits per heavy atom. The first-order chi connectivity index (χ1) is 15.1. The first kappa shape index (κ1) is 23.8. The number of fused-ring (bicyclic) bond motifs is 5. The summed E-state index contributed by atoms with van der Waals surface area (Å²) in [5.41, 5.74) is 4.00. The van der Waals surface area contributed by atoms with Crippen LogP contribution in [0.1, 0.15) is 93.4 Å². The molecule has 0 aliphatic heterocycles. The molecular weight excluding hydrogens is 392 g/mol. The summed E-state index contributed by atoms with van der Waals surface area (Å²) in [7, 11) is 0. The Hall–Kier alpha value is -1.31. The molecule has 4 aliphatic carbocycles. The van der Waals surface area contributed by atoms with Crippen molar-refractivity contribution in [2.75, 3.05) is 0 Å². The number of carbonyl (C=O) groups is 1. The summed E-state index contributed by atoms with van der Waals surface area (Å²) in [6, 6.07) is 0. The minimum Gasteiger partial charge on any atom is -0.463 e. The van der Waals surface area contributed by atoms with Crippen LogP contribution in [0, 0.1) is 46.3 Å². The Morgan fingerprint density at radius 2 is 1.84 bits per heavy atom. The number of carbonyl (C=O) groups excluding carboxylic acids is 1. The Labute approximate surface area is 197 Å². The molecule has 0 saturated heterocycles. The molecule has 0 N–H and O–H groups in total. The molecule has 0 heterocycles. The van der Waals surface area contributed by atoms with E-state index in [4.69, 9.17) is 4.74 Å². The highest BCUT2D eigenvalue weighted by molar-refractivity contribution is 5.66. The van der Waals surface area contributed by atoms with Crippen molar-refractivity contribution >= 4 is 5.97 Å². The lowest BCUT2D eigenvalue weighted by molar-refractivity contribution is -0.150. The molecule has 8 atom stereocenters. The van der Waals surface area contributed by atoms with Crippen molar-refractivity contribution in [2.24, 2.45) is 46.3 Å². The monoisotopic (exact) mass is 438 g/mol. The quantitative estimate of drug-likeness (QED) is 0.322. The zero-order chi connectivity index (χ0) is 23.3. The van der Waals surface area contributed by atoms with Crippen molar-refractivity contribution in [3.05, 3.63) is 35.5 Å². The molecule has 2 saturated carbocycles. The summed E-state index contributed by atoms with van der Waals surface area (Å²) in [6.45, 7) is 16.1. The maximum Gasteiger partial charge on any atom is 0.302 e. The van der Waals surface area contributed by atoms with Gasteiger partial charge in [0.2, 0.25) is 0 Å². The van der Waals surface area contributed by atoms with Crippen molar-refractivity contribution < 1.29 is 9.53 Å². The number of hydrogen-bond donors (Lipinski definition) is 0. The highest BCUT2D eigenvalue weighted by Gasteiger charge is 2.55. The minimum atomic E-state index is -0.124. The van der Waals surface area contributed by atoms with Crippen molar-refractivity contribution in [2.45, 2.75) is 99.5 Å². The summed E-state index contributed by atoms with van der Waals surface area (Å²) in [6.07, 6.45) is 18.6. The van der Waals surface area contributed by atoms with Crippen molar-refractivity contribution in [3.63, 3.8) is 0 Å². The van der Waals surface area contributed by atoms with Gasteiger partial charge in [-0.3, -0.25) is 4.79 Å². The lowest BCUT2D eigenvalue weighted by Crippen LogP contribution is -2.45. The van der Waals surface area contributed by atoms with E-state index in [1.807, 2.05) is 0 Å². The minimum absolute atomic E-state index is 0.117. The van der Waals surface area contributed by atoms with Crippen molar-refractivity contribution in [3.8, 4) is 0 Å². The van der Waals surface area contributed by atoms with Gasteiger partial charge < -0.3 is 4.74 Å². The van der Waals surface area contributed by atoms with E-state index in [0.29, 0.717) is 29.1 Å². The third-order valence-corrected chi connectivity index (χ3v) is 10.3. The van der Waals surface area contributed by atoms with Gasteiger partial charge in [0.25, 0.3) is 0 Å². The van der Waals surface area contributed by atoms with E-state index >= 15 is 0 Å². The zero-order valence-corrected chi connectivity index (χ0v) is 21.6. The molecule has 0 amide bonds. The van der Waals surface area contributed by atoms with Crippen molar-refractivity contribution in [1.29, 1.82) is 0 Å². The topological polar surface area (TPSA) is 26.3 Å². The van der Waals surface area contributed by atoms with Gasteiger partial charge in [-0.25, -0.2) is 0 Å². The van der Waals surface area contributed by atoms with Crippen LogP contribution in [-0.2, 0) is 9.53 Å². The van der Waals surface area contributed by atoms with Crippen molar-refractivity contribution in [1.82, 2.24) is 0 Å². The van der Waals surface area contributed by atoms with Gasteiger partial charge in [-0.2, -0.15) is 0 Å². The molecule has 2 heteroatoms. The molecule has 178 valence electrons. The van der Waals surface area contributed by atoms with Gasteiger partial charge in [0.05, 0.1) is 0 Å². The summed E-state index contributed by atoms with van der Waals surface area (Å²) >= 11 is 0. The van der Waals surface area contributed by atoms with E-state index in [1.165, 1.54) is 19.3 Å². The van der Waals surface area contributed by atoms with E-state index in [2.05, 4.69) is 65.8 Å². The van der Waals surface area contributed by atoms with Crippen LogP contribution < -0.4 is 0 Å². The predicted octanol–water partition coefficient (Wildman–Crippen LogP) is 7.90. The number of esters is 1. The van der Waals surface area contributed by atoms with Crippen LogP contribution in [0.4, 0.5) is 0 Å². The van der Waals surface area contributed by atoms with Crippen LogP contribution in [-0.4, -0.2) is 12.1 Å². The van der Waals surface area contributed by atoms with Crippen LogP contribution in [0.2, 0.25) is 0 Å². The number of allylic oxidation sites excluding steroid dienone is 6. The third kappa shape index (κ3) is 4.05.